The summed E-state index contributed by atoms with van der Waals surface area (Å²) in [6, 6.07) is 6.51. The van der Waals surface area contributed by atoms with E-state index in [1.807, 2.05) is 0 Å². The largest absolute Gasteiger partial charge is 0.462 e. The van der Waals surface area contributed by atoms with Crippen molar-refractivity contribution in [2.45, 2.75) is 18.5 Å². The van der Waals surface area contributed by atoms with Crippen LogP contribution in [0.25, 0.3) is 0 Å². The summed E-state index contributed by atoms with van der Waals surface area (Å²) in [6.45, 7) is 0.711. The van der Waals surface area contributed by atoms with Crippen molar-refractivity contribution < 1.29 is 38.1 Å². The van der Waals surface area contributed by atoms with Gasteiger partial charge in [0.25, 0.3) is 0 Å². The van der Waals surface area contributed by atoms with E-state index >= 15 is 0 Å². The molecular weight excluding hydrogens is 374 g/mol. The number of benzene rings is 1. The van der Waals surface area contributed by atoms with Crippen molar-refractivity contribution in [2.75, 3.05) is 36.0 Å². The van der Waals surface area contributed by atoms with Crippen LogP contribution in [0.5, 0.6) is 0 Å². The molecule has 28 heavy (non-hydrogen) atoms. The van der Waals surface area contributed by atoms with E-state index < -0.39 is 36.3 Å². The molecular formula is C17H17N3O8. The van der Waals surface area contributed by atoms with Gasteiger partial charge >= 0.3 is 29.9 Å². The monoisotopic (exact) mass is 391 g/mol. The summed E-state index contributed by atoms with van der Waals surface area (Å²) >= 11 is 0. The SMILES string of the molecule is NC[C@H]1CN(c2ccc(N3CCOC4(OC(=O)CC(=O)O4)C3=O)cc2)C(=O)O1. The Hall–Kier alpha value is -3.18. The van der Waals surface area contributed by atoms with Gasteiger partial charge in [0.15, 0.2) is 0 Å². The van der Waals surface area contributed by atoms with Crippen LogP contribution in [0.15, 0.2) is 24.3 Å². The number of nitrogens with zero attached hydrogens (tertiary/aromatic N) is 2. The molecule has 1 aromatic rings. The zero-order valence-electron chi connectivity index (χ0n) is 14.7. The van der Waals surface area contributed by atoms with Gasteiger partial charge in [0.05, 0.1) is 19.7 Å². The highest BCUT2D eigenvalue weighted by Gasteiger charge is 2.57. The molecule has 0 aromatic heterocycles. The van der Waals surface area contributed by atoms with Gasteiger partial charge in [-0.2, -0.15) is 0 Å². The van der Waals surface area contributed by atoms with Crippen LogP contribution in [0.4, 0.5) is 16.2 Å². The van der Waals surface area contributed by atoms with Crippen LogP contribution in [0, 0.1) is 0 Å². The maximum Gasteiger partial charge on any atom is 0.462 e. The molecule has 2 N–H and O–H groups in total. The van der Waals surface area contributed by atoms with Gasteiger partial charge in [-0.05, 0) is 24.3 Å². The number of amides is 2. The van der Waals surface area contributed by atoms with Crippen molar-refractivity contribution in [2.24, 2.45) is 5.73 Å². The molecule has 11 heteroatoms. The molecule has 1 aromatic carbocycles. The molecule has 0 aliphatic carbocycles. The Morgan fingerprint density at radius 1 is 1.00 bits per heavy atom. The number of nitrogens with two attached hydrogens (primary N) is 1. The number of anilines is 2. The van der Waals surface area contributed by atoms with Gasteiger partial charge in [-0.1, -0.05) is 0 Å². The normalized spacial score (nSPS) is 24.2. The first-order valence-corrected chi connectivity index (χ1v) is 8.60. The van der Waals surface area contributed by atoms with Crippen LogP contribution >= 0.6 is 0 Å². The molecule has 3 heterocycles. The number of carbonyl (C=O) groups is 4. The number of cyclic esters (lactones) is 1. The lowest BCUT2D eigenvalue weighted by atomic mass is 10.2. The van der Waals surface area contributed by atoms with Crippen molar-refractivity contribution in [1.82, 2.24) is 0 Å². The molecule has 0 radical (unpaired) electrons. The number of morpholine rings is 1. The van der Waals surface area contributed by atoms with Gasteiger partial charge in [-0.25, -0.2) is 4.79 Å². The Balaban J connectivity index is 1.54. The van der Waals surface area contributed by atoms with Crippen LogP contribution < -0.4 is 15.5 Å². The standard InChI is InChI=1S/C17H17N3O8/c18-8-12-9-20(16(24)26-12)11-3-1-10(2-4-11)19-5-6-25-17(15(19)23)27-13(21)7-14(22)28-17/h1-4,12H,5-9,18H2/t12-/m0/s1. The van der Waals surface area contributed by atoms with E-state index in [1.165, 1.54) is 9.80 Å². The Morgan fingerprint density at radius 2 is 1.61 bits per heavy atom. The first-order chi connectivity index (χ1) is 13.4. The highest BCUT2D eigenvalue weighted by atomic mass is 16.9. The van der Waals surface area contributed by atoms with E-state index in [1.54, 1.807) is 24.3 Å². The average Bonchev–Trinajstić information content (AvgIpc) is 3.04. The van der Waals surface area contributed by atoms with Crippen LogP contribution in [0.3, 0.4) is 0 Å². The number of hydrogen-bond donors (Lipinski definition) is 1. The quantitative estimate of drug-likeness (QED) is 0.533. The second-order valence-electron chi connectivity index (χ2n) is 6.35. The van der Waals surface area contributed by atoms with E-state index in [9.17, 15) is 19.2 Å². The van der Waals surface area contributed by atoms with Gasteiger partial charge in [0, 0.05) is 17.9 Å². The number of esters is 2. The maximum atomic E-state index is 12.8. The molecule has 0 unspecified atom stereocenters. The topological polar surface area (TPSA) is 138 Å². The summed E-state index contributed by atoms with van der Waals surface area (Å²) in [5, 5.41) is 0. The summed E-state index contributed by atoms with van der Waals surface area (Å²) in [7, 11) is 0. The van der Waals surface area contributed by atoms with Crippen molar-refractivity contribution in [3.05, 3.63) is 24.3 Å². The third kappa shape index (κ3) is 3.04. The minimum Gasteiger partial charge on any atom is -0.443 e. The summed E-state index contributed by atoms with van der Waals surface area (Å²) in [5.41, 5.74) is 6.56. The lowest BCUT2D eigenvalue weighted by Gasteiger charge is -2.40. The molecule has 148 valence electrons. The summed E-state index contributed by atoms with van der Waals surface area (Å²) in [5.74, 6) is -5.01. The van der Waals surface area contributed by atoms with Crippen molar-refractivity contribution in [1.29, 1.82) is 0 Å². The molecule has 1 spiro atoms. The molecule has 11 nitrogen and oxygen atoms in total. The van der Waals surface area contributed by atoms with Crippen LogP contribution in [-0.4, -0.2) is 62.3 Å². The van der Waals surface area contributed by atoms with E-state index in [-0.39, 0.29) is 25.8 Å². The number of carbonyl (C=O) groups excluding carboxylic acids is 4. The van der Waals surface area contributed by atoms with E-state index in [0.29, 0.717) is 17.9 Å². The zero-order valence-corrected chi connectivity index (χ0v) is 14.7. The lowest BCUT2D eigenvalue weighted by molar-refractivity contribution is -0.336. The molecule has 1 atom stereocenters. The molecule has 3 fully saturated rings. The number of ether oxygens (including phenoxy) is 4. The highest BCUT2D eigenvalue weighted by Crippen LogP contribution is 2.32. The van der Waals surface area contributed by atoms with Gasteiger partial charge in [0.2, 0.25) is 0 Å². The van der Waals surface area contributed by atoms with Gasteiger partial charge < -0.3 is 24.8 Å². The average molecular weight is 391 g/mol. The van der Waals surface area contributed by atoms with E-state index in [4.69, 9.17) is 24.7 Å². The Morgan fingerprint density at radius 3 is 2.18 bits per heavy atom. The minimum atomic E-state index is -2.39. The van der Waals surface area contributed by atoms with Crippen LogP contribution in [-0.2, 0) is 33.3 Å². The van der Waals surface area contributed by atoms with Crippen molar-refractivity contribution in [3.8, 4) is 0 Å². The Labute approximate surface area is 158 Å². The first kappa shape index (κ1) is 18.2. The third-order valence-electron chi connectivity index (χ3n) is 4.51. The summed E-state index contributed by atoms with van der Waals surface area (Å²) < 4.78 is 20.1. The molecule has 4 rings (SSSR count). The Bertz CT molecular complexity index is 823. The first-order valence-electron chi connectivity index (χ1n) is 8.60. The fourth-order valence-electron chi connectivity index (χ4n) is 3.17. The summed E-state index contributed by atoms with van der Waals surface area (Å²) in [6.07, 6.45) is -1.45. The lowest BCUT2D eigenvalue weighted by Crippen LogP contribution is -2.63. The van der Waals surface area contributed by atoms with E-state index in [2.05, 4.69) is 0 Å². The predicted molar refractivity (Wildman–Crippen MR) is 90.9 cm³/mol. The van der Waals surface area contributed by atoms with Crippen LogP contribution in [0.1, 0.15) is 6.42 Å². The fraction of sp³-hybridized carbons (Fsp3) is 0.412. The molecule has 3 saturated heterocycles. The highest BCUT2D eigenvalue weighted by molar-refractivity contribution is 6.04. The second-order valence-corrected chi connectivity index (χ2v) is 6.35. The fourth-order valence-corrected chi connectivity index (χ4v) is 3.17. The van der Waals surface area contributed by atoms with Crippen molar-refractivity contribution in [3.63, 3.8) is 0 Å². The van der Waals surface area contributed by atoms with Crippen LogP contribution in [0.2, 0.25) is 0 Å². The predicted octanol–water partition coefficient (Wildman–Crippen LogP) is -0.522. The van der Waals surface area contributed by atoms with Gasteiger partial charge in [-0.15, -0.1) is 0 Å². The molecule has 0 bridgehead atoms. The van der Waals surface area contributed by atoms with E-state index in [0.717, 1.165) is 0 Å². The number of hydrogen-bond acceptors (Lipinski definition) is 9. The number of rotatable bonds is 3. The summed E-state index contributed by atoms with van der Waals surface area (Å²) in [4.78, 5) is 50.6. The van der Waals surface area contributed by atoms with Crippen molar-refractivity contribution >= 4 is 35.3 Å². The Kier molecular flexibility index (Phi) is 4.40. The van der Waals surface area contributed by atoms with Gasteiger partial charge in [0.1, 0.15) is 12.5 Å². The third-order valence-corrected chi connectivity index (χ3v) is 4.51. The smallest absolute Gasteiger partial charge is 0.443 e. The minimum absolute atomic E-state index is 0.00924. The van der Waals surface area contributed by atoms with Gasteiger partial charge in [-0.3, -0.25) is 24.0 Å². The molecule has 3 aliphatic heterocycles. The molecule has 2 amide bonds. The molecule has 0 saturated carbocycles. The zero-order chi connectivity index (χ0) is 19.9. The molecule has 3 aliphatic rings. The second kappa shape index (κ2) is 6.77. The maximum absolute atomic E-state index is 12.8.